The molecule has 5 heterocycles. The minimum atomic E-state index is -1.22. The van der Waals surface area contributed by atoms with Crippen molar-refractivity contribution in [3.8, 4) is 11.4 Å². The van der Waals surface area contributed by atoms with Crippen LogP contribution in [-0.2, 0) is 39.8 Å². The zero-order valence-corrected chi connectivity index (χ0v) is 35.3. The fraction of sp³-hybridized carbons (Fsp3) is 0.775. The first-order chi connectivity index (χ1) is 27.0. The van der Waals surface area contributed by atoms with Gasteiger partial charge in [-0.25, -0.2) is 4.79 Å². The van der Waals surface area contributed by atoms with E-state index in [4.69, 9.17) is 23.7 Å². The van der Waals surface area contributed by atoms with E-state index in [9.17, 15) is 19.5 Å². The average molecular weight is 801 g/mol. The molecule has 17 nitrogen and oxygen atoms in total. The number of hydrogen-bond acceptors (Lipinski definition) is 15. The van der Waals surface area contributed by atoms with E-state index in [1.54, 1.807) is 29.0 Å². The molecule has 3 fully saturated rings. The monoisotopic (exact) mass is 800 g/mol. The number of methoxy groups -OCH3 is 1. The molecule has 1 amide bonds. The van der Waals surface area contributed by atoms with E-state index in [1.807, 2.05) is 65.9 Å². The fourth-order valence-electron chi connectivity index (χ4n) is 8.67. The minimum Gasteiger partial charge on any atom is -0.458 e. The second-order valence-corrected chi connectivity index (χ2v) is 16.8. The number of cyclic esters (lactones) is 1. The molecule has 3 aliphatic heterocycles. The van der Waals surface area contributed by atoms with Gasteiger partial charge < -0.3 is 39.0 Å². The summed E-state index contributed by atoms with van der Waals surface area (Å²) in [5, 5.41) is 31.5. The molecule has 3 saturated heterocycles. The Kier molecular flexibility index (Phi) is 14.8. The number of hydrogen-bond donors (Lipinski definition) is 2. The molecule has 0 spiro atoms. The third kappa shape index (κ3) is 10.2. The number of nitrogens with one attached hydrogen (secondary N) is 1. The highest BCUT2D eigenvalue weighted by molar-refractivity contribution is 5.99. The first kappa shape index (κ1) is 44.5. The number of aromatic nitrogens is 5. The van der Waals surface area contributed by atoms with E-state index in [1.165, 1.54) is 6.92 Å². The van der Waals surface area contributed by atoms with Crippen molar-refractivity contribution in [2.24, 2.45) is 11.8 Å². The molecule has 0 bridgehead atoms. The van der Waals surface area contributed by atoms with Crippen LogP contribution in [0.1, 0.15) is 87.0 Å². The predicted octanol–water partition coefficient (Wildman–Crippen LogP) is 3.25. The number of esters is 1. The Hall–Kier alpha value is -3.61. The van der Waals surface area contributed by atoms with Gasteiger partial charge in [0.25, 0.3) is 0 Å². The summed E-state index contributed by atoms with van der Waals surface area (Å²) in [6, 6.07) is 2.59. The van der Waals surface area contributed by atoms with Crippen molar-refractivity contribution >= 4 is 17.8 Å². The van der Waals surface area contributed by atoms with E-state index in [-0.39, 0.29) is 30.5 Å². The average Bonchev–Trinajstić information content (AvgIpc) is 3.76. The smallest absolute Gasteiger partial charge is 0.410 e. The zero-order chi connectivity index (χ0) is 41.7. The molecule has 2 aromatic heterocycles. The summed E-state index contributed by atoms with van der Waals surface area (Å²) in [7, 11) is 5.38. The number of aliphatic hydroxyl groups excluding tert-OH is 1. The number of carbonyl (C=O) groups excluding carboxylic acids is 3. The molecular weight excluding hydrogens is 736 g/mol. The van der Waals surface area contributed by atoms with Gasteiger partial charge in [-0.2, -0.15) is 5.10 Å². The molecule has 5 rings (SSSR count). The molecule has 0 saturated carbocycles. The van der Waals surface area contributed by atoms with Crippen molar-refractivity contribution in [2.75, 3.05) is 34.3 Å². The molecule has 12 atom stereocenters. The van der Waals surface area contributed by atoms with Crippen LogP contribution in [0.25, 0.3) is 11.4 Å². The lowest BCUT2D eigenvalue weighted by atomic mass is 9.83. The quantitative estimate of drug-likeness (QED) is 0.191. The number of carbonyl (C=O) groups is 3. The standard InChI is InChI=1S/C40H64N8O9/c1-11-32-40(7)35(48(38(52)57-40)18-13-12-17-47-23-29(44-45-47)28-15-14-16-42-43-28)27(5)41-22-24(2)21-39(6,53-10)33(20-31(49)26(4)36(51)55-32)56-37-34(50)30(46(8)9)19-25(3)54-37/h14-16,23-27,30,32-35,37,41,50H,11-13,17-22H2,1-10H3/t24-,25?,26-,27-,30?,32-,33-,34?,35-,37+,39+,40-/m1/s1. The van der Waals surface area contributed by atoms with Crippen molar-refractivity contribution in [2.45, 2.75) is 154 Å². The van der Waals surface area contributed by atoms with Gasteiger partial charge in [0.05, 0.1) is 30.0 Å². The van der Waals surface area contributed by atoms with Crippen LogP contribution in [0, 0.1) is 11.8 Å². The minimum absolute atomic E-state index is 0.00109. The molecule has 0 aliphatic carbocycles. The molecule has 57 heavy (non-hydrogen) atoms. The van der Waals surface area contributed by atoms with E-state index < -0.39 is 65.6 Å². The molecule has 318 valence electrons. The summed E-state index contributed by atoms with van der Waals surface area (Å²) in [4.78, 5) is 45.3. The number of ketones is 1. The third-order valence-electron chi connectivity index (χ3n) is 12.1. The molecule has 3 unspecified atom stereocenters. The highest BCUT2D eigenvalue weighted by atomic mass is 16.7. The zero-order valence-electron chi connectivity index (χ0n) is 35.3. The van der Waals surface area contributed by atoms with Crippen molar-refractivity contribution in [1.29, 1.82) is 0 Å². The lowest BCUT2D eigenvalue weighted by Crippen LogP contribution is -2.61. The van der Waals surface area contributed by atoms with Crippen LogP contribution in [0.3, 0.4) is 0 Å². The predicted molar refractivity (Wildman–Crippen MR) is 209 cm³/mol. The number of amides is 1. The van der Waals surface area contributed by atoms with Gasteiger partial charge in [0.15, 0.2) is 11.9 Å². The van der Waals surface area contributed by atoms with Gasteiger partial charge in [-0.3, -0.25) is 19.2 Å². The van der Waals surface area contributed by atoms with Gasteiger partial charge in [-0.05, 0) is 105 Å². The number of rotatable bonds is 11. The van der Waals surface area contributed by atoms with Crippen molar-refractivity contribution in [1.82, 2.24) is 40.3 Å². The van der Waals surface area contributed by atoms with Crippen LogP contribution in [0.5, 0.6) is 0 Å². The van der Waals surface area contributed by atoms with Crippen LogP contribution >= 0.6 is 0 Å². The second kappa shape index (κ2) is 19.0. The van der Waals surface area contributed by atoms with Crippen molar-refractivity contribution in [3.05, 3.63) is 24.5 Å². The highest BCUT2D eigenvalue weighted by Gasteiger charge is 2.58. The maximum absolute atomic E-state index is 14.0. The molecule has 0 radical (unpaired) electrons. The SMILES string of the molecule is CC[C@H]1OC(=O)[C@H](C)C(=O)C[C@@H](O[C@@H]2OC(C)CC(N(C)C)C2O)[C@@](C)(OC)C[C@@H](C)CN[C@H](C)[C@H]2N(CCCCn3cc(-c4cccnn4)nn3)C(=O)O[C@]12C. The topological polar surface area (TPSA) is 193 Å². The van der Waals surface area contributed by atoms with Crippen LogP contribution in [-0.4, -0.2) is 152 Å². The van der Waals surface area contributed by atoms with Crippen LogP contribution < -0.4 is 5.32 Å². The van der Waals surface area contributed by atoms with Gasteiger partial charge >= 0.3 is 12.1 Å². The van der Waals surface area contributed by atoms with Gasteiger partial charge in [-0.1, -0.05) is 19.1 Å². The van der Waals surface area contributed by atoms with E-state index in [0.29, 0.717) is 63.1 Å². The summed E-state index contributed by atoms with van der Waals surface area (Å²) in [5.41, 5.74) is -0.978. The van der Waals surface area contributed by atoms with Crippen LogP contribution in [0.15, 0.2) is 24.5 Å². The van der Waals surface area contributed by atoms with Gasteiger partial charge in [0, 0.05) is 44.9 Å². The summed E-state index contributed by atoms with van der Waals surface area (Å²) in [6.45, 7) is 14.6. The van der Waals surface area contributed by atoms with Crippen LogP contribution in [0.2, 0.25) is 0 Å². The Morgan fingerprint density at radius 2 is 1.81 bits per heavy atom. The Balaban J connectivity index is 1.36. The van der Waals surface area contributed by atoms with Gasteiger partial charge in [-0.15, -0.1) is 10.2 Å². The number of unbranched alkanes of at least 4 members (excludes halogenated alkanes) is 1. The summed E-state index contributed by atoms with van der Waals surface area (Å²) >= 11 is 0. The maximum Gasteiger partial charge on any atom is 0.410 e. The normalized spacial score (nSPS) is 36.0. The fourth-order valence-corrected chi connectivity index (χ4v) is 8.67. The number of likely N-dealkylation sites (N-methyl/N-ethyl adjacent to an activating group) is 1. The molecule has 17 heteroatoms. The second-order valence-electron chi connectivity index (χ2n) is 16.8. The van der Waals surface area contributed by atoms with Crippen LogP contribution in [0.4, 0.5) is 4.79 Å². The van der Waals surface area contributed by atoms with E-state index >= 15 is 0 Å². The number of Topliss-reactive ketones (excluding diaryl/α,β-unsaturated/α-hetero) is 1. The molecule has 0 aromatic carbocycles. The lowest BCUT2D eigenvalue weighted by molar-refractivity contribution is -0.289. The van der Waals surface area contributed by atoms with Crippen molar-refractivity contribution < 1.29 is 43.2 Å². The number of nitrogens with zero attached hydrogens (tertiary/aromatic N) is 7. The summed E-state index contributed by atoms with van der Waals surface area (Å²) in [6.07, 6.45) is 1.63. The molecule has 2 aromatic rings. The molecular formula is C40H64N8O9. The number of aryl methyl sites for hydroxylation is 1. The van der Waals surface area contributed by atoms with Crippen molar-refractivity contribution in [3.63, 3.8) is 0 Å². The summed E-state index contributed by atoms with van der Waals surface area (Å²) in [5.74, 6) is -2.27. The van der Waals surface area contributed by atoms with E-state index in [0.717, 1.165) is 0 Å². The third-order valence-corrected chi connectivity index (χ3v) is 12.1. The van der Waals surface area contributed by atoms with E-state index in [2.05, 4.69) is 32.7 Å². The number of aliphatic hydroxyl groups is 1. The Morgan fingerprint density at radius 3 is 2.47 bits per heavy atom. The first-order valence-electron chi connectivity index (χ1n) is 20.4. The maximum atomic E-state index is 14.0. The van der Waals surface area contributed by atoms with Gasteiger partial charge in [0.2, 0.25) is 0 Å². The van der Waals surface area contributed by atoms with Gasteiger partial charge in [0.1, 0.15) is 35.3 Å². The first-order valence-corrected chi connectivity index (χ1v) is 20.4. The molecule has 2 N–H and O–H groups in total. The summed E-state index contributed by atoms with van der Waals surface area (Å²) < 4.78 is 32.9. The lowest BCUT2D eigenvalue weighted by Gasteiger charge is -2.45. The number of ether oxygens (including phenoxy) is 5. The number of fused-ring (bicyclic) bond motifs is 1. The molecule has 3 aliphatic rings. The Morgan fingerprint density at radius 1 is 1.07 bits per heavy atom. The Bertz CT molecular complexity index is 1650. The largest absolute Gasteiger partial charge is 0.458 e. The highest BCUT2D eigenvalue weighted by Crippen LogP contribution is 2.39. The Labute approximate surface area is 336 Å².